The predicted molar refractivity (Wildman–Crippen MR) is 132 cm³/mol. The molecule has 0 saturated carbocycles. The zero-order valence-electron chi connectivity index (χ0n) is 18.9. The molecule has 3 N–H and O–H groups in total. The lowest BCUT2D eigenvalue weighted by Crippen LogP contribution is -2.37. The SMILES string of the molecule is CC(=O)Nc1ccc(SC2=CC3=NN(c4cc(C)cc(C(C)(C)C)c4O)NC3C=C2)cc1. The third-order valence-corrected chi connectivity index (χ3v) is 6.22. The van der Waals surface area contributed by atoms with Gasteiger partial charge in [-0.25, -0.2) is 0 Å². The lowest BCUT2D eigenvalue weighted by Gasteiger charge is -2.25. The highest BCUT2D eigenvalue weighted by molar-refractivity contribution is 8.03. The van der Waals surface area contributed by atoms with Crippen LogP contribution in [0.5, 0.6) is 5.75 Å². The highest BCUT2D eigenvalue weighted by Crippen LogP contribution is 2.40. The van der Waals surface area contributed by atoms with E-state index in [2.05, 4.69) is 49.7 Å². The molecule has 32 heavy (non-hydrogen) atoms. The van der Waals surface area contributed by atoms with E-state index in [9.17, 15) is 9.90 Å². The third-order valence-electron chi connectivity index (χ3n) is 5.22. The lowest BCUT2D eigenvalue weighted by molar-refractivity contribution is -0.114. The molecule has 0 spiro atoms. The Morgan fingerprint density at radius 1 is 1.22 bits per heavy atom. The van der Waals surface area contributed by atoms with Crippen LogP contribution in [0, 0.1) is 6.92 Å². The number of fused-ring (bicyclic) bond motifs is 1. The standard InChI is InChI=1S/C25H28N4O2S/c1-15-12-20(25(3,4)5)24(31)23(13-15)29-27-21-11-10-19(14-22(21)28-29)32-18-8-6-17(7-9-18)26-16(2)30/h6-14,21,27,31H,1-5H3,(H,26,30). The molecule has 2 aromatic rings. The molecule has 1 atom stereocenters. The molecule has 0 radical (unpaired) electrons. The van der Waals surface area contributed by atoms with E-state index < -0.39 is 0 Å². The second-order valence-electron chi connectivity index (χ2n) is 9.09. The highest BCUT2D eigenvalue weighted by atomic mass is 32.2. The fourth-order valence-corrected chi connectivity index (χ4v) is 4.55. The van der Waals surface area contributed by atoms with E-state index in [1.807, 2.05) is 43.3 Å². The third kappa shape index (κ3) is 4.74. The quantitative estimate of drug-likeness (QED) is 0.595. The topological polar surface area (TPSA) is 77.0 Å². The number of benzene rings is 2. The van der Waals surface area contributed by atoms with Crippen molar-refractivity contribution >= 4 is 34.8 Å². The van der Waals surface area contributed by atoms with Crippen molar-refractivity contribution in [3.63, 3.8) is 0 Å². The fourth-order valence-electron chi connectivity index (χ4n) is 3.68. The van der Waals surface area contributed by atoms with Gasteiger partial charge in [-0.1, -0.05) is 50.8 Å². The Kier molecular flexibility index (Phi) is 5.88. The number of aryl methyl sites for hydroxylation is 1. The maximum Gasteiger partial charge on any atom is 0.221 e. The van der Waals surface area contributed by atoms with Gasteiger partial charge < -0.3 is 10.4 Å². The van der Waals surface area contributed by atoms with E-state index in [0.717, 1.165) is 32.3 Å². The first-order valence-corrected chi connectivity index (χ1v) is 11.4. The molecule has 6 nitrogen and oxygen atoms in total. The summed E-state index contributed by atoms with van der Waals surface area (Å²) >= 11 is 1.63. The Labute approximate surface area is 193 Å². The van der Waals surface area contributed by atoms with E-state index in [1.54, 1.807) is 16.9 Å². The van der Waals surface area contributed by atoms with Gasteiger partial charge in [0.1, 0.15) is 11.4 Å². The number of hydrazine groups is 1. The van der Waals surface area contributed by atoms with E-state index >= 15 is 0 Å². The molecule has 2 aliphatic rings. The number of carbonyl (C=O) groups is 1. The molecule has 1 amide bonds. The van der Waals surface area contributed by atoms with Gasteiger partial charge in [-0.15, -0.1) is 0 Å². The smallest absolute Gasteiger partial charge is 0.221 e. The lowest BCUT2D eigenvalue weighted by atomic mass is 9.85. The molecule has 0 bridgehead atoms. The van der Waals surface area contributed by atoms with E-state index in [0.29, 0.717) is 5.69 Å². The summed E-state index contributed by atoms with van der Waals surface area (Å²) in [5.41, 5.74) is 7.48. The number of hydrazone groups is 1. The molecule has 1 aliphatic carbocycles. The number of nitrogens with one attached hydrogen (secondary N) is 2. The van der Waals surface area contributed by atoms with Gasteiger partial charge in [0.2, 0.25) is 5.91 Å². The van der Waals surface area contributed by atoms with Crippen LogP contribution in [0.25, 0.3) is 0 Å². The van der Waals surface area contributed by atoms with E-state index in [4.69, 9.17) is 5.10 Å². The van der Waals surface area contributed by atoms with Gasteiger partial charge in [0, 0.05) is 28.0 Å². The van der Waals surface area contributed by atoms with Gasteiger partial charge in [0.05, 0.1) is 11.8 Å². The van der Waals surface area contributed by atoms with Gasteiger partial charge in [-0.3, -0.25) is 4.79 Å². The normalized spacial score (nSPS) is 17.7. The van der Waals surface area contributed by atoms with Gasteiger partial charge >= 0.3 is 0 Å². The van der Waals surface area contributed by atoms with Crippen LogP contribution < -0.4 is 15.9 Å². The van der Waals surface area contributed by atoms with Crippen LogP contribution in [0.2, 0.25) is 0 Å². The number of rotatable bonds is 4. The van der Waals surface area contributed by atoms with Crippen molar-refractivity contribution in [2.75, 3.05) is 10.4 Å². The molecule has 166 valence electrons. The molecule has 2 aromatic carbocycles. The zero-order chi connectivity index (χ0) is 23.0. The van der Waals surface area contributed by atoms with Gasteiger partial charge in [-0.05, 0) is 54.3 Å². The van der Waals surface area contributed by atoms with Crippen LogP contribution in [0.4, 0.5) is 11.4 Å². The first kappa shape index (κ1) is 22.2. The second-order valence-corrected chi connectivity index (χ2v) is 10.2. The number of hydrogen-bond acceptors (Lipinski definition) is 6. The van der Waals surface area contributed by atoms with Gasteiger partial charge in [0.25, 0.3) is 0 Å². The summed E-state index contributed by atoms with van der Waals surface area (Å²) in [4.78, 5) is 13.3. The average Bonchev–Trinajstić information content (AvgIpc) is 3.13. The second kappa shape index (κ2) is 8.48. The summed E-state index contributed by atoms with van der Waals surface area (Å²) in [5, 5.41) is 20.1. The molecular formula is C25H28N4O2S. The number of carbonyl (C=O) groups excluding carboxylic acids is 1. The van der Waals surface area contributed by atoms with Crippen molar-refractivity contribution in [1.82, 2.24) is 5.43 Å². The van der Waals surface area contributed by atoms with Crippen molar-refractivity contribution in [3.8, 4) is 5.75 Å². The monoisotopic (exact) mass is 448 g/mol. The minimum Gasteiger partial charge on any atom is -0.505 e. The number of phenols is 1. The van der Waals surface area contributed by atoms with E-state index in [-0.39, 0.29) is 23.1 Å². The highest BCUT2D eigenvalue weighted by Gasteiger charge is 2.30. The predicted octanol–water partition coefficient (Wildman–Crippen LogP) is 5.25. The number of thioether (sulfide) groups is 1. The van der Waals surface area contributed by atoms with Crippen LogP contribution in [0.3, 0.4) is 0 Å². The first-order valence-electron chi connectivity index (χ1n) is 10.5. The van der Waals surface area contributed by atoms with Crippen LogP contribution in [0.1, 0.15) is 38.8 Å². The maximum absolute atomic E-state index is 11.2. The Bertz CT molecular complexity index is 1140. The summed E-state index contributed by atoms with van der Waals surface area (Å²) in [5.74, 6) is 0.167. The van der Waals surface area contributed by atoms with Crippen molar-refractivity contribution in [2.45, 2.75) is 51.0 Å². The number of aromatic hydroxyl groups is 1. The van der Waals surface area contributed by atoms with Crippen LogP contribution in [0.15, 0.2) is 69.5 Å². The Morgan fingerprint density at radius 3 is 2.59 bits per heavy atom. The Morgan fingerprint density at radius 2 is 1.94 bits per heavy atom. The first-order chi connectivity index (χ1) is 15.1. The van der Waals surface area contributed by atoms with Crippen molar-refractivity contribution in [1.29, 1.82) is 0 Å². The maximum atomic E-state index is 11.2. The molecule has 7 heteroatoms. The Balaban J connectivity index is 1.55. The number of anilines is 2. The summed E-state index contributed by atoms with van der Waals surface area (Å²) in [7, 11) is 0. The van der Waals surface area contributed by atoms with Gasteiger partial charge in [0.15, 0.2) is 0 Å². The van der Waals surface area contributed by atoms with Crippen LogP contribution in [-0.2, 0) is 10.2 Å². The molecule has 1 unspecified atom stereocenters. The number of hydrogen-bond donors (Lipinski definition) is 3. The average molecular weight is 449 g/mol. The van der Waals surface area contributed by atoms with Crippen molar-refractivity contribution in [3.05, 3.63) is 70.7 Å². The Hall–Kier alpha value is -3.03. The molecule has 4 rings (SSSR count). The fraction of sp³-hybridized carbons (Fsp3) is 0.280. The summed E-state index contributed by atoms with van der Waals surface area (Å²) in [6.45, 7) is 9.79. The van der Waals surface area contributed by atoms with Crippen molar-refractivity contribution in [2.24, 2.45) is 5.10 Å². The van der Waals surface area contributed by atoms with Crippen LogP contribution in [-0.4, -0.2) is 22.8 Å². The number of amides is 1. The van der Waals surface area contributed by atoms with Crippen LogP contribution >= 0.6 is 11.8 Å². The number of phenolic OH excluding ortho intramolecular Hbond substituents is 1. The molecule has 1 aliphatic heterocycles. The number of allylic oxidation sites excluding steroid dienone is 1. The minimum atomic E-state index is -0.177. The molecule has 1 heterocycles. The van der Waals surface area contributed by atoms with E-state index in [1.165, 1.54) is 6.92 Å². The molecule has 0 fully saturated rings. The zero-order valence-corrected chi connectivity index (χ0v) is 19.7. The molecule has 0 saturated heterocycles. The number of nitrogens with zero attached hydrogens (tertiary/aromatic N) is 2. The molecule has 0 aromatic heterocycles. The summed E-state index contributed by atoms with van der Waals surface area (Å²) in [6, 6.07) is 11.7. The summed E-state index contributed by atoms with van der Waals surface area (Å²) < 4.78 is 0. The largest absolute Gasteiger partial charge is 0.505 e. The molecular weight excluding hydrogens is 420 g/mol. The minimum absolute atomic E-state index is 0.0421. The van der Waals surface area contributed by atoms with Crippen molar-refractivity contribution < 1.29 is 9.90 Å². The van der Waals surface area contributed by atoms with Gasteiger partial charge in [-0.2, -0.15) is 15.6 Å². The summed E-state index contributed by atoms with van der Waals surface area (Å²) in [6.07, 6.45) is 6.20.